The molecule has 2 aliphatic rings. The van der Waals surface area contributed by atoms with Crippen LogP contribution in [0.5, 0.6) is 0 Å². The summed E-state index contributed by atoms with van der Waals surface area (Å²) in [5.74, 6) is -3.25. The molecule has 6 atom stereocenters. The largest absolute Gasteiger partial charge is 0.458 e. The molecule has 2 fully saturated rings. The van der Waals surface area contributed by atoms with Crippen LogP contribution in [0.1, 0.15) is 88.0 Å². The van der Waals surface area contributed by atoms with Crippen molar-refractivity contribution in [1.82, 2.24) is 26.2 Å². The number of Topliss-reactive ketones (excluding diaryl/α,β-unsaturated/α-hetero) is 1. The summed E-state index contributed by atoms with van der Waals surface area (Å²) in [5, 5.41) is 10.6. The molecule has 12 nitrogen and oxygen atoms in total. The molecule has 0 aromatic heterocycles. The predicted molar refractivity (Wildman–Crippen MR) is 166 cm³/mol. The van der Waals surface area contributed by atoms with Crippen molar-refractivity contribution in [3.63, 3.8) is 0 Å². The van der Waals surface area contributed by atoms with Gasteiger partial charge in [0, 0.05) is 13.1 Å². The number of amides is 5. The number of fused-ring (bicyclic) bond motifs is 1. The van der Waals surface area contributed by atoms with Gasteiger partial charge in [-0.3, -0.25) is 19.2 Å². The molecule has 248 valence electrons. The van der Waals surface area contributed by atoms with Gasteiger partial charge < -0.3 is 30.9 Å². The van der Waals surface area contributed by atoms with Crippen LogP contribution in [-0.4, -0.2) is 83.3 Å². The van der Waals surface area contributed by atoms with Crippen LogP contribution < -0.4 is 21.3 Å². The van der Waals surface area contributed by atoms with Gasteiger partial charge in [-0.05, 0) is 56.8 Å². The Balaban J connectivity index is 2.23. The van der Waals surface area contributed by atoms with E-state index in [0.717, 1.165) is 12.8 Å². The molecule has 0 spiro atoms. The number of esters is 1. The Labute approximate surface area is 261 Å². The first-order chi connectivity index (χ1) is 20.3. The number of nitrogens with one attached hydrogen (secondary N) is 4. The summed E-state index contributed by atoms with van der Waals surface area (Å²) in [6.45, 7) is 20.1. The van der Waals surface area contributed by atoms with Crippen LogP contribution in [0.4, 0.5) is 4.79 Å². The predicted octanol–water partition coefficient (Wildman–Crippen LogP) is 2.46. The first-order valence-corrected chi connectivity index (χ1v) is 15.7. The molecule has 0 radical (unpaired) electrons. The second-order valence-corrected chi connectivity index (χ2v) is 14.3. The number of piperidine rings is 1. The third-order valence-electron chi connectivity index (χ3n) is 7.81. The summed E-state index contributed by atoms with van der Waals surface area (Å²) in [6, 6.07) is -4.53. The number of ketones is 1. The second-order valence-electron chi connectivity index (χ2n) is 14.3. The Morgan fingerprint density at radius 1 is 1.00 bits per heavy atom. The zero-order valence-corrected chi connectivity index (χ0v) is 27.9. The number of hydrogen-bond acceptors (Lipinski definition) is 7. The third-order valence-corrected chi connectivity index (χ3v) is 7.81. The van der Waals surface area contributed by atoms with Gasteiger partial charge in [-0.25, -0.2) is 9.59 Å². The number of hydrogen-bond donors (Lipinski definition) is 4. The molecule has 4 N–H and O–H groups in total. The van der Waals surface area contributed by atoms with Crippen LogP contribution in [0, 0.1) is 23.2 Å². The maximum atomic E-state index is 14.0. The SMILES string of the molecule is C=CCNC(=O)C(=O)C(CCCC)NC(=O)[C@@H]1[C@H]2C[C@H]2CN1C(=O)[C@@H](NC(=O)N[C@H](C(=O)OC(C)(C)C)C(C)C)C(C)(C)C. The number of carbonyl (C=O) groups excluding carboxylic acids is 6. The number of likely N-dealkylation sites (tertiary alicyclic amines) is 1. The summed E-state index contributed by atoms with van der Waals surface area (Å²) >= 11 is 0. The zero-order valence-electron chi connectivity index (χ0n) is 27.9. The highest BCUT2D eigenvalue weighted by Gasteiger charge is 2.58. The van der Waals surface area contributed by atoms with Crippen LogP contribution in [0.3, 0.4) is 0 Å². The topological polar surface area (TPSA) is 163 Å². The summed E-state index contributed by atoms with van der Waals surface area (Å²) in [4.78, 5) is 80.4. The molecule has 1 aliphatic heterocycles. The van der Waals surface area contributed by atoms with Crippen molar-refractivity contribution in [1.29, 1.82) is 0 Å². The van der Waals surface area contributed by atoms with E-state index in [4.69, 9.17) is 4.74 Å². The van der Waals surface area contributed by atoms with Gasteiger partial charge in [0.2, 0.25) is 17.6 Å². The summed E-state index contributed by atoms with van der Waals surface area (Å²) < 4.78 is 5.47. The molecule has 1 unspecified atom stereocenters. The number of unbranched alkanes of at least 4 members (excludes halogenated alkanes) is 1. The monoisotopic (exact) mass is 619 g/mol. The van der Waals surface area contributed by atoms with Crippen molar-refractivity contribution in [2.45, 2.75) is 118 Å². The van der Waals surface area contributed by atoms with Crippen LogP contribution >= 0.6 is 0 Å². The highest BCUT2D eigenvalue weighted by Crippen LogP contribution is 2.50. The van der Waals surface area contributed by atoms with E-state index in [1.807, 2.05) is 6.92 Å². The van der Waals surface area contributed by atoms with Gasteiger partial charge >= 0.3 is 12.0 Å². The number of nitrogens with zero attached hydrogens (tertiary/aromatic N) is 1. The summed E-state index contributed by atoms with van der Waals surface area (Å²) in [6.07, 6.45) is 3.91. The molecule has 1 aliphatic carbocycles. The van der Waals surface area contributed by atoms with Crippen molar-refractivity contribution < 1.29 is 33.5 Å². The van der Waals surface area contributed by atoms with Crippen LogP contribution in [0.15, 0.2) is 12.7 Å². The Kier molecular flexibility index (Phi) is 12.6. The Hall–Kier alpha value is -3.44. The fourth-order valence-electron chi connectivity index (χ4n) is 5.36. The van der Waals surface area contributed by atoms with Crippen LogP contribution in [-0.2, 0) is 28.7 Å². The lowest BCUT2D eigenvalue weighted by Gasteiger charge is -2.37. The normalized spacial score (nSPS) is 21.3. The van der Waals surface area contributed by atoms with E-state index in [0.29, 0.717) is 19.4 Å². The lowest BCUT2D eigenvalue weighted by Crippen LogP contribution is -2.62. The van der Waals surface area contributed by atoms with Crippen molar-refractivity contribution in [3.05, 3.63) is 12.7 Å². The van der Waals surface area contributed by atoms with Gasteiger partial charge in [0.1, 0.15) is 23.7 Å². The molecule has 44 heavy (non-hydrogen) atoms. The maximum Gasteiger partial charge on any atom is 0.329 e. The van der Waals surface area contributed by atoms with E-state index in [1.165, 1.54) is 11.0 Å². The minimum absolute atomic E-state index is 0.0672. The number of ether oxygens (including phenoxy) is 1. The molecular weight excluding hydrogens is 566 g/mol. The number of carbonyl (C=O) groups is 6. The van der Waals surface area contributed by atoms with Crippen molar-refractivity contribution in [3.8, 4) is 0 Å². The van der Waals surface area contributed by atoms with E-state index < -0.39 is 70.7 Å². The Bertz CT molecular complexity index is 1110. The van der Waals surface area contributed by atoms with E-state index in [-0.39, 0.29) is 24.3 Å². The van der Waals surface area contributed by atoms with Crippen LogP contribution in [0.2, 0.25) is 0 Å². The van der Waals surface area contributed by atoms with E-state index in [2.05, 4.69) is 27.8 Å². The lowest BCUT2D eigenvalue weighted by molar-refractivity contribution is -0.158. The third kappa shape index (κ3) is 10.1. The van der Waals surface area contributed by atoms with Crippen LogP contribution in [0.25, 0.3) is 0 Å². The second kappa shape index (κ2) is 15.0. The van der Waals surface area contributed by atoms with E-state index in [1.54, 1.807) is 55.4 Å². The Morgan fingerprint density at radius 3 is 2.16 bits per heavy atom. The van der Waals surface area contributed by atoms with Gasteiger partial charge in [0.15, 0.2) is 0 Å². The molecule has 1 saturated heterocycles. The average Bonchev–Trinajstić information content (AvgIpc) is 3.57. The minimum Gasteiger partial charge on any atom is -0.458 e. The zero-order chi connectivity index (χ0) is 33.6. The van der Waals surface area contributed by atoms with E-state index >= 15 is 0 Å². The van der Waals surface area contributed by atoms with Crippen molar-refractivity contribution in [2.24, 2.45) is 23.2 Å². The number of rotatable bonds is 14. The molecule has 1 saturated carbocycles. The number of urea groups is 1. The highest BCUT2D eigenvalue weighted by molar-refractivity contribution is 6.38. The Morgan fingerprint density at radius 2 is 1.64 bits per heavy atom. The fraction of sp³-hybridized carbons (Fsp3) is 0.750. The average molecular weight is 620 g/mol. The van der Waals surface area contributed by atoms with Gasteiger partial charge in [-0.15, -0.1) is 6.58 Å². The van der Waals surface area contributed by atoms with Gasteiger partial charge in [0.05, 0.1) is 6.04 Å². The molecule has 0 aromatic carbocycles. The first-order valence-electron chi connectivity index (χ1n) is 15.7. The molecule has 1 heterocycles. The van der Waals surface area contributed by atoms with Crippen molar-refractivity contribution in [2.75, 3.05) is 13.1 Å². The maximum absolute atomic E-state index is 14.0. The van der Waals surface area contributed by atoms with Gasteiger partial charge in [-0.2, -0.15) is 0 Å². The van der Waals surface area contributed by atoms with Gasteiger partial charge in [0.25, 0.3) is 5.91 Å². The molecular formula is C32H53N5O7. The minimum atomic E-state index is -1.02. The highest BCUT2D eigenvalue weighted by atomic mass is 16.6. The first kappa shape index (κ1) is 36.8. The quantitative estimate of drug-likeness (QED) is 0.132. The molecule has 2 rings (SSSR count). The molecule has 0 bridgehead atoms. The van der Waals surface area contributed by atoms with E-state index in [9.17, 15) is 28.8 Å². The standard InChI is InChI=1S/C32H53N5O7/c1-11-13-14-21(24(38)27(40)33-15-12-2)34-26(39)23-20-16-19(20)17-37(23)28(41)25(31(5,6)7)36-30(43)35-22(18(3)4)29(42)44-32(8,9)10/h12,18-23,25H,2,11,13-17H2,1,3-10H3,(H,33,40)(H,34,39)(H2,35,36,43)/t19-,20-,21?,22-,23-,25+/m0/s1. The van der Waals surface area contributed by atoms with Crippen molar-refractivity contribution >= 4 is 35.5 Å². The van der Waals surface area contributed by atoms with Gasteiger partial charge in [-0.1, -0.05) is 60.5 Å². The molecule has 5 amide bonds. The smallest absolute Gasteiger partial charge is 0.329 e. The lowest BCUT2D eigenvalue weighted by atomic mass is 9.85. The fourth-order valence-corrected chi connectivity index (χ4v) is 5.36. The summed E-state index contributed by atoms with van der Waals surface area (Å²) in [7, 11) is 0. The molecule has 12 heteroatoms. The summed E-state index contributed by atoms with van der Waals surface area (Å²) in [5.41, 5.74) is -1.49. The molecule has 0 aromatic rings.